The van der Waals surface area contributed by atoms with Crippen molar-refractivity contribution in [1.29, 1.82) is 0 Å². The number of nitrogens with zero attached hydrogens (tertiary/aromatic N) is 1. The van der Waals surface area contributed by atoms with E-state index >= 15 is 0 Å². The minimum absolute atomic E-state index is 0.186. The zero-order chi connectivity index (χ0) is 21.4. The maximum atomic E-state index is 13.9. The summed E-state index contributed by atoms with van der Waals surface area (Å²) in [6.07, 6.45) is 2.98. The zero-order valence-corrected chi connectivity index (χ0v) is 14.8. The normalized spacial score (nSPS) is 11.0. The number of aromatic nitrogens is 2. The van der Waals surface area contributed by atoms with Crippen molar-refractivity contribution in [1.82, 2.24) is 9.97 Å². The average Bonchev–Trinajstić information content (AvgIpc) is 3.13. The highest BCUT2D eigenvalue weighted by Crippen LogP contribution is 2.33. The molecule has 0 amide bonds. The van der Waals surface area contributed by atoms with Crippen LogP contribution in [0.15, 0.2) is 48.8 Å². The first-order chi connectivity index (χ1) is 14.4. The smallest absolute Gasteiger partial charge is 0.362 e. The van der Waals surface area contributed by atoms with Gasteiger partial charge < -0.3 is 15.0 Å². The molecule has 2 aromatic carbocycles. The predicted molar refractivity (Wildman–Crippen MR) is 97.0 cm³/mol. The van der Waals surface area contributed by atoms with E-state index < -0.39 is 40.8 Å². The summed E-state index contributed by atoms with van der Waals surface area (Å²) in [5, 5.41) is 3.48. The monoisotopic (exact) mass is 419 g/mol. The second-order valence-electron chi connectivity index (χ2n) is 6.07. The molecule has 5 nitrogen and oxygen atoms in total. The molecule has 152 valence electrons. The number of nitrogens with one attached hydrogen (secondary N) is 2. The Morgan fingerprint density at radius 1 is 0.867 bits per heavy atom. The van der Waals surface area contributed by atoms with Crippen molar-refractivity contribution in [2.24, 2.45) is 0 Å². The first-order valence-electron chi connectivity index (χ1n) is 8.40. The van der Waals surface area contributed by atoms with Gasteiger partial charge in [-0.1, -0.05) is 18.2 Å². The van der Waals surface area contributed by atoms with Gasteiger partial charge in [-0.3, -0.25) is 4.98 Å². The highest BCUT2D eigenvalue weighted by molar-refractivity contribution is 6.07. The molecule has 4 rings (SSSR count). The summed E-state index contributed by atoms with van der Waals surface area (Å²) in [5.74, 6) is -14.3. The Morgan fingerprint density at radius 2 is 1.47 bits per heavy atom. The number of halogens is 5. The number of fused-ring (bicyclic) bond motifs is 1. The summed E-state index contributed by atoms with van der Waals surface area (Å²) in [5.41, 5.74) is 0.904. The van der Waals surface area contributed by atoms with Gasteiger partial charge >= 0.3 is 5.97 Å². The molecule has 30 heavy (non-hydrogen) atoms. The van der Waals surface area contributed by atoms with Crippen LogP contribution in [0.3, 0.4) is 0 Å². The molecular formula is C20H10F5N3O2. The van der Waals surface area contributed by atoms with Crippen LogP contribution < -0.4 is 10.1 Å². The van der Waals surface area contributed by atoms with E-state index in [2.05, 4.69) is 20.0 Å². The molecule has 0 fully saturated rings. The average molecular weight is 419 g/mol. The number of anilines is 2. The van der Waals surface area contributed by atoms with Gasteiger partial charge in [0, 0.05) is 29.0 Å². The van der Waals surface area contributed by atoms with Crippen LogP contribution in [0, 0.1) is 29.1 Å². The third-order valence-electron chi connectivity index (χ3n) is 4.22. The van der Waals surface area contributed by atoms with Gasteiger partial charge in [-0.05, 0) is 18.2 Å². The molecule has 0 spiro atoms. The van der Waals surface area contributed by atoms with E-state index in [0.717, 1.165) is 0 Å². The number of pyridine rings is 1. The van der Waals surface area contributed by atoms with E-state index in [1.807, 2.05) is 0 Å². The van der Waals surface area contributed by atoms with Crippen molar-refractivity contribution in [2.45, 2.75) is 0 Å². The Hall–Kier alpha value is -3.95. The van der Waals surface area contributed by atoms with Crippen molar-refractivity contribution >= 4 is 28.2 Å². The second kappa shape index (κ2) is 7.47. The van der Waals surface area contributed by atoms with Gasteiger partial charge in [0.05, 0.1) is 5.69 Å². The fraction of sp³-hybridized carbons (Fsp3) is 0. The number of carbonyl (C=O) groups excluding carboxylic acids is 1. The van der Waals surface area contributed by atoms with Crippen LogP contribution >= 0.6 is 0 Å². The number of aromatic amines is 1. The number of para-hydroxylation sites is 1. The van der Waals surface area contributed by atoms with Crippen LogP contribution in [0.4, 0.5) is 33.3 Å². The van der Waals surface area contributed by atoms with Gasteiger partial charge in [-0.2, -0.15) is 8.78 Å². The number of ether oxygens (including phenoxy) is 1. The lowest BCUT2D eigenvalue weighted by atomic mass is 10.2. The molecule has 0 saturated carbocycles. The summed E-state index contributed by atoms with van der Waals surface area (Å²) in [7, 11) is 0. The van der Waals surface area contributed by atoms with Gasteiger partial charge in [-0.25, -0.2) is 18.0 Å². The van der Waals surface area contributed by atoms with E-state index in [0.29, 0.717) is 16.6 Å². The number of carbonyl (C=O) groups is 1. The fourth-order valence-corrected chi connectivity index (χ4v) is 2.82. The third-order valence-corrected chi connectivity index (χ3v) is 4.22. The molecule has 2 N–H and O–H groups in total. The third kappa shape index (κ3) is 3.21. The van der Waals surface area contributed by atoms with Crippen LogP contribution in [0.5, 0.6) is 5.75 Å². The van der Waals surface area contributed by atoms with Gasteiger partial charge in [0.25, 0.3) is 0 Å². The highest BCUT2D eigenvalue weighted by Gasteiger charge is 2.30. The van der Waals surface area contributed by atoms with Gasteiger partial charge in [-0.15, -0.1) is 0 Å². The summed E-state index contributed by atoms with van der Waals surface area (Å²) in [6.45, 7) is 0. The second-order valence-corrected chi connectivity index (χ2v) is 6.07. The van der Waals surface area contributed by atoms with Crippen LogP contribution in [0.25, 0.3) is 10.9 Å². The zero-order valence-electron chi connectivity index (χ0n) is 14.8. The van der Waals surface area contributed by atoms with Crippen molar-refractivity contribution in [3.8, 4) is 5.75 Å². The standard InChI is InChI=1S/C20H10F5N3O2/c21-12-13(22)15(24)19(16(25)14(12)23)30-20(29)18-17(27-9-5-7-26-8-6-9)10-3-1-2-4-11(10)28-18/h1-8,28H,(H,26,27). The summed E-state index contributed by atoms with van der Waals surface area (Å²) in [4.78, 5) is 19.2. The van der Waals surface area contributed by atoms with Crippen LogP contribution in [-0.4, -0.2) is 15.9 Å². The van der Waals surface area contributed by atoms with E-state index in [9.17, 15) is 26.7 Å². The Labute approximate surface area is 165 Å². The molecule has 0 aliphatic rings. The van der Waals surface area contributed by atoms with Crippen molar-refractivity contribution in [2.75, 3.05) is 5.32 Å². The predicted octanol–water partition coefficient (Wildman–Crippen LogP) is 5.22. The number of hydrogen-bond acceptors (Lipinski definition) is 4. The van der Waals surface area contributed by atoms with Crippen molar-refractivity contribution in [3.05, 3.63) is 83.6 Å². The molecule has 0 radical (unpaired) electrons. The number of H-pyrrole nitrogens is 1. The van der Waals surface area contributed by atoms with Crippen LogP contribution in [-0.2, 0) is 0 Å². The maximum absolute atomic E-state index is 13.9. The molecular weight excluding hydrogens is 409 g/mol. The lowest BCUT2D eigenvalue weighted by Gasteiger charge is -2.10. The van der Waals surface area contributed by atoms with E-state index in [1.165, 1.54) is 12.4 Å². The highest BCUT2D eigenvalue weighted by atomic mass is 19.2. The van der Waals surface area contributed by atoms with Crippen LogP contribution in [0.1, 0.15) is 10.5 Å². The van der Waals surface area contributed by atoms with Crippen molar-refractivity contribution < 1.29 is 31.5 Å². The Balaban J connectivity index is 1.79. The molecule has 0 bridgehead atoms. The van der Waals surface area contributed by atoms with Gasteiger partial charge in [0.1, 0.15) is 5.69 Å². The molecule has 0 aliphatic heterocycles. The van der Waals surface area contributed by atoms with E-state index in [4.69, 9.17) is 0 Å². The number of benzene rings is 2. The lowest BCUT2D eigenvalue weighted by Crippen LogP contribution is -2.15. The largest absolute Gasteiger partial charge is 0.415 e. The van der Waals surface area contributed by atoms with E-state index in [1.54, 1.807) is 36.4 Å². The summed E-state index contributed by atoms with van der Waals surface area (Å²) in [6, 6.07) is 9.84. The first-order valence-corrected chi connectivity index (χ1v) is 8.40. The number of hydrogen-bond donors (Lipinski definition) is 2. The number of esters is 1. The van der Waals surface area contributed by atoms with Crippen molar-refractivity contribution in [3.63, 3.8) is 0 Å². The quantitative estimate of drug-likeness (QED) is 0.157. The Morgan fingerprint density at radius 3 is 2.13 bits per heavy atom. The molecule has 0 unspecified atom stereocenters. The maximum Gasteiger partial charge on any atom is 0.362 e. The Kier molecular flexibility index (Phi) is 4.82. The molecule has 10 heteroatoms. The van der Waals surface area contributed by atoms with Crippen LogP contribution in [0.2, 0.25) is 0 Å². The molecule has 4 aromatic rings. The lowest BCUT2D eigenvalue weighted by molar-refractivity contribution is 0.0712. The topological polar surface area (TPSA) is 67.0 Å². The summed E-state index contributed by atoms with van der Waals surface area (Å²) < 4.78 is 72.4. The first kappa shape index (κ1) is 19.4. The van der Waals surface area contributed by atoms with E-state index in [-0.39, 0.29) is 11.4 Å². The Bertz CT molecular complexity index is 1250. The molecule has 0 saturated heterocycles. The van der Waals surface area contributed by atoms with Gasteiger partial charge in [0.2, 0.25) is 34.8 Å². The fourth-order valence-electron chi connectivity index (χ4n) is 2.82. The minimum Gasteiger partial charge on any atom is -0.415 e. The molecule has 0 aliphatic carbocycles. The molecule has 2 aromatic heterocycles. The SMILES string of the molecule is O=C(Oc1c(F)c(F)c(F)c(F)c1F)c1[nH]c2ccccc2c1Nc1ccncc1. The molecule has 0 atom stereocenters. The molecule has 2 heterocycles. The minimum atomic E-state index is -2.35. The summed E-state index contributed by atoms with van der Waals surface area (Å²) >= 11 is 0. The number of rotatable bonds is 4. The van der Waals surface area contributed by atoms with Gasteiger partial charge in [0.15, 0.2) is 0 Å².